The largest absolute Gasteiger partial charge is 0.481 e. The van der Waals surface area contributed by atoms with Gasteiger partial charge in [-0.3, -0.25) is 9.59 Å². The Morgan fingerprint density at radius 3 is 2.65 bits per heavy atom. The van der Waals surface area contributed by atoms with Crippen LogP contribution in [0.25, 0.3) is 0 Å². The van der Waals surface area contributed by atoms with E-state index in [1.54, 1.807) is 23.1 Å². The number of nitrogens with two attached hydrogens (primary N) is 1. The number of carbonyl (C=O) groups is 2. The molecule has 5 nitrogen and oxygen atoms in total. The highest BCUT2D eigenvalue weighted by molar-refractivity contribution is 9.10. The van der Waals surface area contributed by atoms with Crippen molar-refractivity contribution in [2.75, 3.05) is 12.3 Å². The lowest BCUT2D eigenvalue weighted by Gasteiger charge is -2.36. The van der Waals surface area contributed by atoms with Crippen LogP contribution in [0.15, 0.2) is 22.7 Å². The molecule has 1 saturated heterocycles. The van der Waals surface area contributed by atoms with E-state index in [9.17, 15) is 9.59 Å². The summed E-state index contributed by atoms with van der Waals surface area (Å²) in [5.41, 5.74) is 6.79. The summed E-state index contributed by atoms with van der Waals surface area (Å²) in [6.45, 7) is 2.34. The number of piperidine rings is 1. The van der Waals surface area contributed by atoms with Crippen LogP contribution in [-0.2, 0) is 4.79 Å². The number of carboxylic acid groups (broad SMARTS) is 1. The van der Waals surface area contributed by atoms with E-state index < -0.39 is 5.97 Å². The minimum Gasteiger partial charge on any atom is -0.481 e. The molecular weight excluding hydrogens is 324 g/mol. The van der Waals surface area contributed by atoms with E-state index >= 15 is 0 Å². The molecule has 2 atom stereocenters. The van der Waals surface area contributed by atoms with Gasteiger partial charge in [0, 0.05) is 28.3 Å². The van der Waals surface area contributed by atoms with Crippen molar-refractivity contribution < 1.29 is 14.7 Å². The van der Waals surface area contributed by atoms with Crippen LogP contribution < -0.4 is 5.73 Å². The fraction of sp³-hybridized carbons (Fsp3) is 0.429. The van der Waals surface area contributed by atoms with Crippen molar-refractivity contribution in [1.29, 1.82) is 0 Å². The molecule has 1 amide bonds. The summed E-state index contributed by atoms with van der Waals surface area (Å²) in [6.07, 6.45) is 0.986. The first kappa shape index (κ1) is 14.8. The Morgan fingerprint density at radius 1 is 1.40 bits per heavy atom. The maximum atomic E-state index is 12.5. The molecular formula is C14H17BrN2O3. The average Bonchev–Trinajstić information content (AvgIpc) is 2.36. The Kier molecular flexibility index (Phi) is 4.32. The summed E-state index contributed by atoms with van der Waals surface area (Å²) >= 11 is 3.32. The third-order valence-electron chi connectivity index (χ3n) is 3.65. The smallest absolute Gasteiger partial charge is 0.306 e. The van der Waals surface area contributed by atoms with E-state index in [4.69, 9.17) is 10.8 Å². The van der Waals surface area contributed by atoms with Gasteiger partial charge in [-0.25, -0.2) is 0 Å². The fourth-order valence-electron chi connectivity index (χ4n) is 2.60. The van der Waals surface area contributed by atoms with Crippen molar-refractivity contribution in [3.05, 3.63) is 28.2 Å². The number of anilines is 1. The van der Waals surface area contributed by atoms with Crippen molar-refractivity contribution in [3.8, 4) is 0 Å². The highest BCUT2D eigenvalue weighted by Crippen LogP contribution is 2.26. The molecule has 0 aliphatic carbocycles. The second-order valence-electron chi connectivity index (χ2n) is 5.18. The number of halogens is 1. The van der Waals surface area contributed by atoms with Crippen LogP contribution in [0.3, 0.4) is 0 Å². The van der Waals surface area contributed by atoms with Crippen LogP contribution in [0.1, 0.15) is 30.1 Å². The highest BCUT2D eigenvalue weighted by Gasteiger charge is 2.32. The molecule has 0 spiro atoms. The predicted molar refractivity (Wildman–Crippen MR) is 79.4 cm³/mol. The number of nitrogen functional groups attached to an aromatic ring is 1. The normalized spacial score (nSPS) is 22.6. The predicted octanol–water partition coefficient (Wildman–Crippen LogP) is 2.36. The van der Waals surface area contributed by atoms with Crippen molar-refractivity contribution >= 4 is 33.5 Å². The molecule has 1 aliphatic rings. The second-order valence-corrected chi connectivity index (χ2v) is 6.10. The van der Waals surface area contributed by atoms with Gasteiger partial charge in [0.2, 0.25) is 0 Å². The van der Waals surface area contributed by atoms with Gasteiger partial charge in [-0.2, -0.15) is 0 Å². The molecule has 6 heteroatoms. The van der Waals surface area contributed by atoms with Crippen molar-refractivity contribution in [2.24, 2.45) is 5.92 Å². The summed E-state index contributed by atoms with van der Waals surface area (Å²) < 4.78 is 0.758. The number of aliphatic carboxylic acids is 1. The van der Waals surface area contributed by atoms with Crippen molar-refractivity contribution in [3.63, 3.8) is 0 Å². The lowest BCUT2D eigenvalue weighted by Crippen LogP contribution is -2.46. The van der Waals surface area contributed by atoms with Gasteiger partial charge in [-0.05, 0) is 38.0 Å². The summed E-state index contributed by atoms with van der Waals surface area (Å²) in [6, 6.07) is 5.02. The zero-order valence-electron chi connectivity index (χ0n) is 11.2. The first-order valence-electron chi connectivity index (χ1n) is 6.48. The molecule has 1 aromatic rings. The van der Waals surface area contributed by atoms with Gasteiger partial charge in [0.1, 0.15) is 0 Å². The summed E-state index contributed by atoms with van der Waals surface area (Å²) in [7, 11) is 0. The molecule has 0 bridgehead atoms. The average molecular weight is 341 g/mol. The SMILES string of the molecule is CC1CC(C(=O)O)CCN1C(=O)c1cc(N)cc(Br)c1. The molecule has 2 rings (SSSR count). The first-order valence-corrected chi connectivity index (χ1v) is 7.27. The zero-order valence-corrected chi connectivity index (χ0v) is 12.8. The highest BCUT2D eigenvalue weighted by atomic mass is 79.9. The topological polar surface area (TPSA) is 83.6 Å². The molecule has 0 radical (unpaired) electrons. The second kappa shape index (κ2) is 5.83. The van der Waals surface area contributed by atoms with E-state index in [1.165, 1.54) is 0 Å². The number of hydrogen-bond donors (Lipinski definition) is 2. The van der Waals surface area contributed by atoms with Gasteiger partial charge in [0.05, 0.1) is 5.92 Å². The molecule has 2 unspecified atom stereocenters. The number of amides is 1. The summed E-state index contributed by atoms with van der Waals surface area (Å²) in [5, 5.41) is 9.04. The molecule has 1 aromatic carbocycles. The van der Waals surface area contributed by atoms with Gasteiger partial charge in [0.25, 0.3) is 5.91 Å². The molecule has 0 saturated carbocycles. The number of carbonyl (C=O) groups excluding carboxylic acids is 1. The van der Waals surface area contributed by atoms with Crippen LogP contribution in [0.2, 0.25) is 0 Å². The maximum absolute atomic E-state index is 12.5. The number of nitrogens with zero attached hydrogens (tertiary/aromatic N) is 1. The standard InChI is InChI=1S/C14H17BrN2O3/c1-8-4-9(14(19)20)2-3-17(8)13(18)10-5-11(15)7-12(16)6-10/h5-9H,2-4,16H2,1H3,(H,19,20). The zero-order chi connectivity index (χ0) is 14.9. The molecule has 3 N–H and O–H groups in total. The van der Waals surface area contributed by atoms with Gasteiger partial charge >= 0.3 is 5.97 Å². The number of carboxylic acids is 1. The Labute approximate surface area is 125 Å². The molecule has 20 heavy (non-hydrogen) atoms. The summed E-state index contributed by atoms with van der Waals surface area (Å²) in [5.74, 6) is -1.24. The number of rotatable bonds is 2. The van der Waals surface area contributed by atoms with E-state index in [-0.39, 0.29) is 17.9 Å². The van der Waals surface area contributed by atoms with Crippen LogP contribution in [0.4, 0.5) is 5.69 Å². The molecule has 1 fully saturated rings. The van der Waals surface area contributed by atoms with Crippen LogP contribution in [-0.4, -0.2) is 34.5 Å². The Bertz CT molecular complexity index is 527. The third kappa shape index (κ3) is 3.12. The lowest BCUT2D eigenvalue weighted by molar-refractivity contribution is -0.143. The van der Waals surface area contributed by atoms with E-state index in [2.05, 4.69) is 15.9 Å². The minimum absolute atomic E-state index is 0.0856. The number of benzene rings is 1. The quantitative estimate of drug-likeness (QED) is 0.809. The molecule has 1 aliphatic heterocycles. The molecule has 108 valence electrons. The van der Waals surface area contributed by atoms with E-state index in [0.29, 0.717) is 30.6 Å². The van der Waals surface area contributed by atoms with Gasteiger partial charge in [-0.1, -0.05) is 15.9 Å². The van der Waals surface area contributed by atoms with E-state index in [0.717, 1.165) is 4.47 Å². The van der Waals surface area contributed by atoms with Crippen LogP contribution in [0.5, 0.6) is 0 Å². The van der Waals surface area contributed by atoms with Gasteiger partial charge in [-0.15, -0.1) is 0 Å². The third-order valence-corrected chi connectivity index (χ3v) is 4.11. The number of hydrogen-bond acceptors (Lipinski definition) is 3. The van der Waals surface area contributed by atoms with Crippen molar-refractivity contribution in [1.82, 2.24) is 4.90 Å². The molecule has 0 aromatic heterocycles. The monoisotopic (exact) mass is 340 g/mol. The molecule has 1 heterocycles. The minimum atomic E-state index is -0.782. The van der Waals surface area contributed by atoms with Crippen molar-refractivity contribution in [2.45, 2.75) is 25.8 Å². The number of likely N-dealkylation sites (tertiary alicyclic amines) is 1. The van der Waals surface area contributed by atoms with Gasteiger partial charge < -0.3 is 15.7 Å². The Morgan fingerprint density at radius 2 is 2.10 bits per heavy atom. The Hall–Kier alpha value is -1.56. The van der Waals surface area contributed by atoms with Gasteiger partial charge in [0.15, 0.2) is 0 Å². The first-order chi connectivity index (χ1) is 9.38. The Balaban J connectivity index is 2.15. The fourth-order valence-corrected chi connectivity index (χ4v) is 3.11. The lowest BCUT2D eigenvalue weighted by atomic mass is 9.91. The summed E-state index contributed by atoms with van der Waals surface area (Å²) in [4.78, 5) is 25.2. The van der Waals surface area contributed by atoms with Crippen LogP contribution in [0, 0.1) is 5.92 Å². The van der Waals surface area contributed by atoms with E-state index in [1.807, 2.05) is 6.92 Å². The maximum Gasteiger partial charge on any atom is 0.306 e. The van der Waals surface area contributed by atoms with Crippen LogP contribution >= 0.6 is 15.9 Å².